The highest BCUT2D eigenvalue weighted by Crippen LogP contribution is 2.27. The third kappa shape index (κ3) is 2.01. The van der Waals surface area contributed by atoms with Crippen LogP contribution in [-0.2, 0) is 0 Å². The number of fused-ring (bicyclic) bond motifs is 1. The molecular weight excluding hydrogens is 243 g/mol. The van der Waals surface area contributed by atoms with Crippen LogP contribution in [0, 0.1) is 5.82 Å². The number of benzene rings is 1. The third-order valence-electron chi connectivity index (χ3n) is 2.95. The van der Waals surface area contributed by atoms with Crippen LogP contribution in [0.5, 0.6) is 5.75 Å². The highest BCUT2D eigenvalue weighted by Gasteiger charge is 2.09. The summed E-state index contributed by atoms with van der Waals surface area (Å²) in [6.45, 7) is 0. The average Bonchev–Trinajstić information content (AvgIpc) is 2.46. The molecule has 2 heterocycles. The molecular formula is C15H11FN2O. The summed E-state index contributed by atoms with van der Waals surface area (Å²) in [5.74, 6) is 0.290. The molecule has 2 aromatic heterocycles. The normalized spacial score (nSPS) is 10.6. The molecule has 0 aliphatic heterocycles. The maximum absolute atomic E-state index is 13.7. The smallest absolute Gasteiger partial charge is 0.150 e. The molecule has 3 rings (SSSR count). The Balaban J connectivity index is 2.24. The van der Waals surface area contributed by atoms with Gasteiger partial charge in [-0.2, -0.15) is 0 Å². The van der Waals surface area contributed by atoms with Crippen LogP contribution in [0.3, 0.4) is 0 Å². The van der Waals surface area contributed by atoms with Crippen LogP contribution in [0.4, 0.5) is 4.39 Å². The third-order valence-corrected chi connectivity index (χ3v) is 2.95. The molecule has 0 bridgehead atoms. The van der Waals surface area contributed by atoms with Crippen molar-refractivity contribution in [3.63, 3.8) is 0 Å². The quantitative estimate of drug-likeness (QED) is 0.702. The molecule has 0 aliphatic carbocycles. The lowest BCUT2D eigenvalue weighted by atomic mass is 10.1. The largest absolute Gasteiger partial charge is 0.494 e. The Morgan fingerprint density at radius 2 is 2.00 bits per heavy atom. The Kier molecular flexibility index (Phi) is 2.83. The van der Waals surface area contributed by atoms with E-state index in [4.69, 9.17) is 4.74 Å². The Bertz CT molecular complexity index is 743. The SMILES string of the molecule is COc1cccc2ccc(-c3ccncc3F)nc12. The maximum Gasteiger partial charge on any atom is 0.150 e. The summed E-state index contributed by atoms with van der Waals surface area (Å²) in [4.78, 5) is 8.22. The van der Waals surface area contributed by atoms with E-state index in [-0.39, 0.29) is 5.82 Å². The van der Waals surface area contributed by atoms with E-state index in [0.29, 0.717) is 17.0 Å². The van der Waals surface area contributed by atoms with E-state index in [9.17, 15) is 4.39 Å². The molecule has 0 spiro atoms. The molecule has 0 saturated heterocycles. The molecule has 0 aliphatic rings. The van der Waals surface area contributed by atoms with Gasteiger partial charge in [0.25, 0.3) is 0 Å². The molecule has 4 heteroatoms. The van der Waals surface area contributed by atoms with Crippen LogP contribution in [-0.4, -0.2) is 17.1 Å². The number of rotatable bonds is 2. The first kappa shape index (κ1) is 11.6. The van der Waals surface area contributed by atoms with E-state index in [1.807, 2.05) is 24.3 Å². The van der Waals surface area contributed by atoms with Gasteiger partial charge in [-0.05, 0) is 18.2 Å². The lowest BCUT2D eigenvalue weighted by molar-refractivity contribution is 0.419. The van der Waals surface area contributed by atoms with Gasteiger partial charge in [-0.3, -0.25) is 4.98 Å². The number of hydrogen-bond acceptors (Lipinski definition) is 3. The van der Waals surface area contributed by atoms with Crippen molar-refractivity contribution in [3.05, 3.63) is 54.6 Å². The molecule has 0 saturated carbocycles. The molecule has 0 radical (unpaired) electrons. The molecule has 19 heavy (non-hydrogen) atoms. The van der Waals surface area contributed by atoms with Crippen molar-refractivity contribution in [2.24, 2.45) is 0 Å². The zero-order chi connectivity index (χ0) is 13.2. The van der Waals surface area contributed by atoms with Crippen molar-refractivity contribution in [2.75, 3.05) is 7.11 Å². The van der Waals surface area contributed by atoms with Gasteiger partial charge in [0.2, 0.25) is 0 Å². The summed E-state index contributed by atoms with van der Waals surface area (Å²) in [6, 6.07) is 11.0. The van der Waals surface area contributed by atoms with Crippen LogP contribution in [0.15, 0.2) is 48.8 Å². The molecule has 94 valence electrons. The zero-order valence-electron chi connectivity index (χ0n) is 10.3. The van der Waals surface area contributed by atoms with Gasteiger partial charge in [-0.15, -0.1) is 0 Å². The van der Waals surface area contributed by atoms with Crippen LogP contribution in [0.25, 0.3) is 22.2 Å². The van der Waals surface area contributed by atoms with Gasteiger partial charge in [0.1, 0.15) is 11.3 Å². The monoisotopic (exact) mass is 254 g/mol. The Morgan fingerprint density at radius 1 is 1.11 bits per heavy atom. The molecule has 3 aromatic rings. The maximum atomic E-state index is 13.7. The first-order valence-electron chi connectivity index (χ1n) is 5.83. The molecule has 0 unspecified atom stereocenters. The minimum absolute atomic E-state index is 0.385. The fraction of sp³-hybridized carbons (Fsp3) is 0.0667. The predicted molar refractivity (Wildman–Crippen MR) is 71.5 cm³/mol. The number of pyridine rings is 2. The minimum atomic E-state index is -0.385. The summed E-state index contributed by atoms with van der Waals surface area (Å²) in [7, 11) is 1.59. The second kappa shape index (κ2) is 4.65. The van der Waals surface area contributed by atoms with Crippen molar-refractivity contribution in [3.8, 4) is 17.0 Å². The molecule has 3 nitrogen and oxygen atoms in total. The van der Waals surface area contributed by atoms with Crippen LogP contribution < -0.4 is 4.74 Å². The Morgan fingerprint density at radius 3 is 2.79 bits per heavy atom. The average molecular weight is 254 g/mol. The van der Waals surface area contributed by atoms with Crippen molar-refractivity contribution < 1.29 is 9.13 Å². The summed E-state index contributed by atoms with van der Waals surface area (Å²) < 4.78 is 19.0. The second-order valence-electron chi connectivity index (χ2n) is 4.08. The first-order valence-corrected chi connectivity index (χ1v) is 5.83. The topological polar surface area (TPSA) is 35.0 Å². The van der Waals surface area contributed by atoms with E-state index in [0.717, 1.165) is 10.9 Å². The van der Waals surface area contributed by atoms with Gasteiger partial charge in [-0.25, -0.2) is 9.37 Å². The predicted octanol–water partition coefficient (Wildman–Crippen LogP) is 3.44. The first-order chi connectivity index (χ1) is 9.29. The standard InChI is InChI=1S/C15H11FN2O/c1-19-14-4-2-3-10-5-6-13(18-15(10)14)11-7-8-17-9-12(11)16/h2-9H,1H3. The van der Waals surface area contributed by atoms with Crippen molar-refractivity contribution in [1.29, 1.82) is 0 Å². The number of nitrogens with zero attached hydrogens (tertiary/aromatic N) is 2. The summed E-state index contributed by atoms with van der Waals surface area (Å²) in [5, 5.41) is 0.956. The molecule has 0 fully saturated rings. The highest BCUT2D eigenvalue weighted by atomic mass is 19.1. The number of ether oxygens (including phenoxy) is 1. The van der Waals surface area contributed by atoms with Crippen LogP contribution in [0.1, 0.15) is 0 Å². The fourth-order valence-electron chi connectivity index (χ4n) is 2.02. The molecule has 0 amide bonds. The summed E-state index contributed by atoms with van der Waals surface area (Å²) in [5.41, 5.74) is 1.72. The van der Waals surface area contributed by atoms with Gasteiger partial charge >= 0.3 is 0 Å². The van der Waals surface area contributed by atoms with Gasteiger partial charge in [-0.1, -0.05) is 18.2 Å². The van der Waals surface area contributed by atoms with Crippen LogP contribution >= 0.6 is 0 Å². The number of methoxy groups -OCH3 is 1. The fourth-order valence-corrected chi connectivity index (χ4v) is 2.02. The van der Waals surface area contributed by atoms with Gasteiger partial charge in [0, 0.05) is 17.1 Å². The summed E-state index contributed by atoms with van der Waals surface area (Å²) in [6.07, 6.45) is 2.73. The number of aromatic nitrogens is 2. The summed E-state index contributed by atoms with van der Waals surface area (Å²) >= 11 is 0. The van der Waals surface area contributed by atoms with E-state index < -0.39 is 0 Å². The van der Waals surface area contributed by atoms with Crippen molar-refractivity contribution >= 4 is 10.9 Å². The van der Waals surface area contributed by atoms with Gasteiger partial charge in [0.15, 0.2) is 5.82 Å². The molecule has 0 N–H and O–H groups in total. The van der Waals surface area contributed by atoms with E-state index >= 15 is 0 Å². The van der Waals surface area contributed by atoms with Gasteiger partial charge < -0.3 is 4.74 Å². The van der Waals surface area contributed by atoms with Crippen molar-refractivity contribution in [2.45, 2.75) is 0 Å². The minimum Gasteiger partial charge on any atom is -0.494 e. The van der Waals surface area contributed by atoms with E-state index in [1.165, 1.54) is 6.20 Å². The molecule has 1 aromatic carbocycles. The second-order valence-corrected chi connectivity index (χ2v) is 4.08. The Hall–Kier alpha value is -2.49. The van der Waals surface area contributed by atoms with E-state index in [1.54, 1.807) is 25.4 Å². The number of halogens is 1. The number of para-hydroxylation sites is 1. The van der Waals surface area contributed by atoms with Gasteiger partial charge in [0.05, 0.1) is 19.0 Å². The molecule has 0 atom stereocenters. The Labute approximate surface area is 109 Å². The van der Waals surface area contributed by atoms with Crippen molar-refractivity contribution in [1.82, 2.24) is 9.97 Å². The van der Waals surface area contributed by atoms with E-state index in [2.05, 4.69) is 9.97 Å². The van der Waals surface area contributed by atoms with Crippen LogP contribution in [0.2, 0.25) is 0 Å². The lowest BCUT2D eigenvalue weighted by Gasteiger charge is -2.07. The zero-order valence-corrected chi connectivity index (χ0v) is 10.3. The highest BCUT2D eigenvalue weighted by molar-refractivity contribution is 5.86. The number of hydrogen-bond donors (Lipinski definition) is 0. The lowest BCUT2D eigenvalue weighted by Crippen LogP contribution is -1.92.